The molecule has 0 saturated carbocycles. The van der Waals surface area contributed by atoms with E-state index in [1.807, 2.05) is 0 Å². The third kappa shape index (κ3) is 3.95. The van der Waals surface area contributed by atoms with Crippen LogP contribution >= 0.6 is 0 Å². The Kier molecular flexibility index (Phi) is 5.83. The number of ether oxygens (including phenoxy) is 1. The molecule has 114 valence electrons. The SMILES string of the molecule is CCOC(=O)C1CCCCN1C(=O)CC1CCCNC1. The topological polar surface area (TPSA) is 58.6 Å². The number of nitrogens with one attached hydrogen (secondary N) is 1. The second-order valence-electron chi connectivity index (χ2n) is 5.77. The molecule has 2 atom stereocenters. The number of carbonyl (C=O) groups is 2. The lowest BCUT2D eigenvalue weighted by Gasteiger charge is -2.35. The number of hydrogen-bond acceptors (Lipinski definition) is 4. The smallest absolute Gasteiger partial charge is 0.328 e. The van der Waals surface area contributed by atoms with Crippen LogP contribution in [0.25, 0.3) is 0 Å². The van der Waals surface area contributed by atoms with Crippen molar-refractivity contribution in [2.24, 2.45) is 5.92 Å². The fourth-order valence-electron chi connectivity index (χ4n) is 3.18. The minimum absolute atomic E-state index is 0.122. The Morgan fingerprint density at radius 2 is 2.10 bits per heavy atom. The van der Waals surface area contributed by atoms with Crippen LogP contribution < -0.4 is 5.32 Å². The Bertz CT molecular complexity index is 340. The summed E-state index contributed by atoms with van der Waals surface area (Å²) in [5.41, 5.74) is 0. The second-order valence-corrected chi connectivity index (χ2v) is 5.77. The molecular formula is C15H26N2O3. The highest BCUT2D eigenvalue weighted by atomic mass is 16.5. The molecule has 2 aliphatic rings. The molecule has 1 N–H and O–H groups in total. The molecule has 2 unspecified atom stereocenters. The minimum atomic E-state index is -0.354. The first-order chi connectivity index (χ1) is 9.72. The zero-order valence-electron chi connectivity index (χ0n) is 12.4. The van der Waals surface area contributed by atoms with E-state index in [1.165, 1.54) is 0 Å². The van der Waals surface area contributed by atoms with Gasteiger partial charge >= 0.3 is 5.97 Å². The van der Waals surface area contributed by atoms with Crippen LogP contribution in [0.4, 0.5) is 0 Å². The third-order valence-corrected chi connectivity index (χ3v) is 4.24. The van der Waals surface area contributed by atoms with Gasteiger partial charge in [0.1, 0.15) is 6.04 Å². The van der Waals surface area contributed by atoms with Crippen molar-refractivity contribution < 1.29 is 14.3 Å². The Hall–Kier alpha value is -1.10. The van der Waals surface area contributed by atoms with Crippen molar-refractivity contribution in [2.75, 3.05) is 26.2 Å². The molecular weight excluding hydrogens is 256 g/mol. The molecule has 2 aliphatic heterocycles. The maximum atomic E-state index is 12.5. The van der Waals surface area contributed by atoms with Crippen LogP contribution in [0.3, 0.4) is 0 Å². The molecule has 0 aliphatic carbocycles. The lowest BCUT2D eigenvalue weighted by atomic mass is 9.94. The van der Waals surface area contributed by atoms with E-state index in [0.29, 0.717) is 25.5 Å². The molecule has 5 nitrogen and oxygen atoms in total. The number of likely N-dealkylation sites (tertiary alicyclic amines) is 1. The fraction of sp³-hybridized carbons (Fsp3) is 0.867. The second kappa shape index (κ2) is 7.62. The average molecular weight is 282 g/mol. The van der Waals surface area contributed by atoms with Crippen LogP contribution in [0.5, 0.6) is 0 Å². The van der Waals surface area contributed by atoms with Gasteiger partial charge in [-0.25, -0.2) is 4.79 Å². The molecule has 0 aromatic carbocycles. The maximum Gasteiger partial charge on any atom is 0.328 e. The van der Waals surface area contributed by atoms with Gasteiger partial charge in [0.25, 0.3) is 0 Å². The van der Waals surface area contributed by atoms with Gasteiger partial charge in [-0.15, -0.1) is 0 Å². The summed E-state index contributed by atoms with van der Waals surface area (Å²) in [4.78, 5) is 26.2. The molecule has 0 bridgehead atoms. The zero-order chi connectivity index (χ0) is 14.4. The van der Waals surface area contributed by atoms with Gasteiger partial charge in [0.2, 0.25) is 5.91 Å². The highest BCUT2D eigenvalue weighted by molar-refractivity contribution is 5.85. The van der Waals surface area contributed by atoms with E-state index in [2.05, 4.69) is 5.32 Å². The quantitative estimate of drug-likeness (QED) is 0.790. The highest BCUT2D eigenvalue weighted by Crippen LogP contribution is 2.22. The van der Waals surface area contributed by atoms with Crippen LogP contribution in [-0.2, 0) is 14.3 Å². The predicted molar refractivity (Wildman–Crippen MR) is 76.2 cm³/mol. The summed E-state index contributed by atoms with van der Waals surface area (Å²) in [6, 6.07) is -0.354. The number of hydrogen-bond donors (Lipinski definition) is 1. The summed E-state index contributed by atoms with van der Waals surface area (Å²) >= 11 is 0. The zero-order valence-corrected chi connectivity index (χ0v) is 12.4. The molecule has 1 amide bonds. The Morgan fingerprint density at radius 3 is 2.80 bits per heavy atom. The van der Waals surface area contributed by atoms with E-state index in [-0.39, 0.29) is 17.9 Å². The van der Waals surface area contributed by atoms with E-state index < -0.39 is 0 Å². The number of piperidine rings is 2. The van der Waals surface area contributed by atoms with Gasteiger partial charge in [0.15, 0.2) is 0 Å². The van der Waals surface area contributed by atoms with Gasteiger partial charge in [-0.1, -0.05) is 0 Å². The molecule has 20 heavy (non-hydrogen) atoms. The third-order valence-electron chi connectivity index (χ3n) is 4.24. The van der Waals surface area contributed by atoms with Crippen molar-refractivity contribution in [2.45, 2.75) is 51.5 Å². The van der Waals surface area contributed by atoms with Gasteiger partial charge in [-0.2, -0.15) is 0 Å². The summed E-state index contributed by atoms with van der Waals surface area (Å²) in [6.07, 6.45) is 5.54. The molecule has 2 heterocycles. The van der Waals surface area contributed by atoms with Crippen molar-refractivity contribution in [3.8, 4) is 0 Å². The molecule has 0 aromatic rings. The Labute approximate surface area is 121 Å². The van der Waals surface area contributed by atoms with Crippen molar-refractivity contribution in [3.05, 3.63) is 0 Å². The molecule has 5 heteroatoms. The summed E-state index contributed by atoms with van der Waals surface area (Å²) in [5.74, 6) is 0.305. The molecule has 0 radical (unpaired) electrons. The number of nitrogens with zero attached hydrogens (tertiary/aromatic N) is 1. The Balaban J connectivity index is 1.92. The number of carbonyl (C=O) groups excluding carboxylic acids is 2. The summed E-state index contributed by atoms with van der Waals surface area (Å²) in [6.45, 7) is 4.86. The van der Waals surface area contributed by atoms with Gasteiger partial charge in [-0.05, 0) is 58.0 Å². The van der Waals surface area contributed by atoms with Gasteiger partial charge < -0.3 is 15.0 Å². The van der Waals surface area contributed by atoms with Gasteiger partial charge in [0.05, 0.1) is 6.61 Å². The van der Waals surface area contributed by atoms with Crippen molar-refractivity contribution >= 4 is 11.9 Å². The summed E-state index contributed by atoms with van der Waals surface area (Å²) in [5, 5.41) is 3.34. The first-order valence-electron chi connectivity index (χ1n) is 7.89. The normalized spacial score (nSPS) is 27.1. The maximum absolute atomic E-state index is 12.5. The first kappa shape index (κ1) is 15.3. The monoisotopic (exact) mass is 282 g/mol. The number of amides is 1. The van der Waals surface area contributed by atoms with E-state index in [4.69, 9.17) is 4.74 Å². The van der Waals surface area contributed by atoms with Gasteiger partial charge in [0, 0.05) is 13.0 Å². The fourth-order valence-corrected chi connectivity index (χ4v) is 3.18. The molecule has 2 fully saturated rings. The lowest BCUT2D eigenvalue weighted by Crippen LogP contribution is -2.49. The number of esters is 1. The van der Waals surface area contributed by atoms with E-state index in [1.54, 1.807) is 11.8 Å². The molecule has 0 spiro atoms. The van der Waals surface area contributed by atoms with Crippen molar-refractivity contribution in [1.82, 2.24) is 10.2 Å². The molecule has 2 rings (SSSR count). The van der Waals surface area contributed by atoms with Crippen LogP contribution in [0.15, 0.2) is 0 Å². The van der Waals surface area contributed by atoms with Crippen LogP contribution in [-0.4, -0.2) is 49.1 Å². The minimum Gasteiger partial charge on any atom is -0.464 e. The largest absolute Gasteiger partial charge is 0.464 e. The van der Waals surface area contributed by atoms with Crippen LogP contribution in [0.2, 0.25) is 0 Å². The van der Waals surface area contributed by atoms with Crippen LogP contribution in [0, 0.1) is 5.92 Å². The molecule has 0 aromatic heterocycles. The van der Waals surface area contributed by atoms with Crippen molar-refractivity contribution in [3.63, 3.8) is 0 Å². The number of rotatable bonds is 4. The molecule has 2 saturated heterocycles. The predicted octanol–water partition coefficient (Wildman–Crippen LogP) is 1.32. The van der Waals surface area contributed by atoms with E-state index >= 15 is 0 Å². The highest BCUT2D eigenvalue weighted by Gasteiger charge is 2.33. The average Bonchev–Trinajstić information content (AvgIpc) is 2.48. The van der Waals surface area contributed by atoms with E-state index in [9.17, 15) is 9.59 Å². The summed E-state index contributed by atoms with van der Waals surface area (Å²) < 4.78 is 5.11. The standard InChI is InChI=1S/C15H26N2O3/c1-2-20-15(19)13-7-3-4-9-17(13)14(18)10-12-6-5-8-16-11-12/h12-13,16H,2-11H2,1H3. The van der Waals surface area contributed by atoms with Crippen LogP contribution in [0.1, 0.15) is 45.4 Å². The van der Waals surface area contributed by atoms with Gasteiger partial charge in [-0.3, -0.25) is 4.79 Å². The van der Waals surface area contributed by atoms with Crippen molar-refractivity contribution in [1.29, 1.82) is 0 Å². The summed E-state index contributed by atoms with van der Waals surface area (Å²) in [7, 11) is 0. The first-order valence-corrected chi connectivity index (χ1v) is 7.89. The Morgan fingerprint density at radius 1 is 1.25 bits per heavy atom. The lowest BCUT2D eigenvalue weighted by molar-refractivity contribution is -0.157. The van der Waals surface area contributed by atoms with E-state index in [0.717, 1.165) is 45.2 Å².